The molecule has 1 fully saturated rings. The van der Waals surface area contributed by atoms with Gasteiger partial charge in [0.05, 0.1) is 0 Å². The van der Waals surface area contributed by atoms with Crippen LogP contribution in [0.5, 0.6) is 0 Å². The van der Waals surface area contributed by atoms with E-state index in [0.29, 0.717) is 25.7 Å². The fourth-order valence-corrected chi connectivity index (χ4v) is 5.38. The molecular weight excluding hydrogens is 462 g/mol. The molecule has 1 aliphatic carbocycles. The average Bonchev–Trinajstić information content (AvgIpc) is 3.33. The van der Waals surface area contributed by atoms with Crippen molar-refractivity contribution < 1.29 is 23.5 Å². The Morgan fingerprint density at radius 2 is 1.61 bits per heavy atom. The number of carbonyl (C=O) groups excluding carboxylic acids is 2. The van der Waals surface area contributed by atoms with Crippen LogP contribution in [0, 0.1) is 17.0 Å². The highest BCUT2D eigenvalue weighted by Crippen LogP contribution is 2.46. The van der Waals surface area contributed by atoms with Crippen LogP contribution in [0.2, 0.25) is 0 Å². The first-order valence-electron chi connectivity index (χ1n) is 12.9. The van der Waals surface area contributed by atoms with Crippen LogP contribution in [-0.4, -0.2) is 34.9 Å². The van der Waals surface area contributed by atoms with E-state index in [0.717, 1.165) is 49.4 Å². The first kappa shape index (κ1) is 28.1. The second-order valence-electron chi connectivity index (χ2n) is 10.4. The van der Waals surface area contributed by atoms with Crippen molar-refractivity contribution in [3.05, 3.63) is 71.3 Å². The molecule has 3 rings (SSSR count). The number of aliphatic hydroxyl groups is 1. The summed E-state index contributed by atoms with van der Waals surface area (Å²) in [6, 6.07) is 11.5. The van der Waals surface area contributed by atoms with Crippen molar-refractivity contribution in [1.82, 2.24) is 0 Å². The fraction of sp³-hybridized carbons (Fsp3) is 0.517. The van der Waals surface area contributed by atoms with E-state index in [-0.39, 0.29) is 41.8 Å². The standard InChI is InChI=1S/C29H38F2N2O3/c30-22-8-9-25(31)21(17-22)18-23(32)19-24(34)10-14-29(12-4-5-13-29)15-11-27(35)28(36)26(33)16-20-6-2-1-3-7-20/h1-3,6-9,17,23,26,28,36H,4-5,10-16,18-19,32-33H2. The molecule has 3 unspecified atom stereocenters. The highest BCUT2D eigenvalue weighted by molar-refractivity contribution is 5.83. The van der Waals surface area contributed by atoms with Crippen molar-refractivity contribution in [2.75, 3.05) is 0 Å². The number of aliphatic hydroxyl groups excluding tert-OH is 1. The van der Waals surface area contributed by atoms with Gasteiger partial charge in [-0.2, -0.15) is 0 Å². The zero-order valence-corrected chi connectivity index (χ0v) is 20.8. The second-order valence-corrected chi connectivity index (χ2v) is 10.4. The van der Waals surface area contributed by atoms with Gasteiger partial charge in [0.1, 0.15) is 23.5 Å². The van der Waals surface area contributed by atoms with Crippen molar-refractivity contribution in [3.63, 3.8) is 0 Å². The lowest BCUT2D eigenvalue weighted by Crippen LogP contribution is -2.42. The maximum Gasteiger partial charge on any atom is 0.162 e. The Bertz CT molecular complexity index is 1010. The lowest BCUT2D eigenvalue weighted by Gasteiger charge is -2.29. The summed E-state index contributed by atoms with van der Waals surface area (Å²) in [6.45, 7) is 0. The summed E-state index contributed by atoms with van der Waals surface area (Å²) < 4.78 is 27.3. The third kappa shape index (κ3) is 8.29. The molecule has 0 saturated heterocycles. The van der Waals surface area contributed by atoms with E-state index in [2.05, 4.69) is 0 Å². The van der Waals surface area contributed by atoms with E-state index in [1.54, 1.807) is 0 Å². The lowest BCUT2D eigenvalue weighted by molar-refractivity contribution is -0.128. The minimum absolute atomic E-state index is 0.0122. The van der Waals surface area contributed by atoms with Gasteiger partial charge in [0.15, 0.2) is 5.78 Å². The van der Waals surface area contributed by atoms with E-state index in [1.165, 1.54) is 0 Å². The number of carbonyl (C=O) groups is 2. The number of hydrogen-bond donors (Lipinski definition) is 3. The Kier molecular flexibility index (Phi) is 10.3. The third-order valence-corrected chi connectivity index (χ3v) is 7.53. The molecule has 7 heteroatoms. The number of Topliss-reactive ketones (excluding diaryl/α,β-unsaturated/α-hetero) is 2. The van der Waals surface area contributed by atoms with Crippen molar-refractivity contribution in [2.45, 2.75) is 88.8 Å². The molecule has 5 nitrogen and oxygen atoms in total. The summed E-state index contributed by atoms with van der Waals surface area (Å²) in [7, 11) is 0. The van der Waals surface area contributed by atoms with Crippen LogP contribution in [0.25, 0.3) is 0 Å². The quantitative estimate of drug-likeness (QED) is 0.356. The Morgan fingerprint density at radius 3 is 2.31 bits per heavy atom. The molecule has 1 saturated carbocycles. The van der Waals surface area contributed by atoms with E-state index in [9.17, 15) is 23.5 Å². The molecule has 0 bridgehead atoms. The molecule has 0 aromatic heterocycles. The summed E-state index contributed by atoms with van der Waals surface area (Å²) >= 11 is 0. The topological polar surface area (TPSA) is 106 Å². The van der Waals surface area contributed by atoms with Crippen LogP contribution in [0.4, 0.5) is 8.78 Å². The van der Waals surface area contributed by atoms with Crippen molar-refractivity contribution in [1.29, 1.82) is 0 Å². The number of rotatable bonds is 14. The first-order valence-corrected chi connectivity index (χ1v) is 12.9. The molecule has 3 atom stereocenters. The molecule has 196 valence electrons. The van der Waals surface area contributed by atoms with Gasteiger partial charge < -0.3 is 16.6 Å². The number of nitrogens with two attached hydrogens (primary N) is 2. The molecule has 1 aliphatic rings. The van der Waals surface area contributed by atoms with Crippen LogP contribution in [0.15, 0.2) is 48.5 Å². The lowest BCUT2D eigenvalue weighted by atomic mass is 9.76. The molecule has 0 heterocycles. The molecule has 2 aromatic carbocycles. The zero-order chi connectivity index (χ0) is 26.1. The SMILES string of the molecule is NC(CC(=O)CCC1(CCC(=O)C(O)C(N)Cc2ccccc2)CCCC1)Cc1cc(F)ccc1F. The van der Waals surface area contributed by atoms with Gasteiger partial charge >= 0.3 is 0 Å². The van der Waals surface area contributed by atoms with Gasteiger partial charge in [-0.1, -0.05) is 43.2 Å². The van der Waals surface area contributed by atoms with Gasteiger partial charge in [0.2, 0.25) is 0 Å². The van der Waals surface area contributed by atoms with Crippen molar-refractivity contribution in [3.8, 4) is 0 Å². The molecule has 0 amide bonds. The number of benzene rings is 2. The predicted octanol–water partition coefficient (Wildman–Crippen LogP) is 4.41. The van der Waals surface area contributed by atoms with Gasteiger partial charge in [0.25, 0.3) is 0 Å². The maximum atomic E-state index is 13.9. The van der Waals surface area contributed by atoms with Crippen LogP contribution in [0.3, 0.4) is 0 Å². The van der Waals surface area contributed by atoms with E-state index in [4.69, 9.17) is 11.5 Å². The predicted molar refractivity (Wildman–Crippen MR) is 136 cm³/mol. The normalized spacial score (nSPS) is 17.5. The van der Waals surface area contributed by atoms with E-state index in [1.807, 2.05) is 30.3 Å². The summed E-state index contributed by atoms with van der Waals surface area (Å²) in [4.78, 5) is 25.3. The Labute approximate surface area is 212 Å². The number of hydrogen-bond acceptors (Lipinski definition) is 5. The van der Waals surface area contributed by atoms with Crippen LogP contribution >= 0.6 is 0 Å². The van der Waals surface area contributed by atoms with Gasteiger partial charge in [-0.15, -0.1) is 0 Å². The van der Waals surface area contributed by atoms with Crippen molar-refractivity contribution >= 4 is 11.6 Å². The van der Waals surface area contributed by atoms with Crippen molar-refractivity contribution in [2.24, 2.45) is 16.9 Å². The van der Waals surface area contributed by atoms with Gasteiger partial charge in [0, 0.05) is 31.3 Å². The molecule has 0 spiro atoms. The molecular formula is C29H38F2N2O3. The molecule has 5 N–H and O–H groups in total. The molecule has 0 radical (unpaired) electrons. The smallest absolute Gasteiger partial charge is 0.162 e. The highest BCUT2D eigenvalue weighted by Gasteiger charge is 2.35. The zero-order valence-electron chi connectivity index (χ0n) is 20.8. The Balaban J connectivity index is 1.47. The van der Waals surface area contributed by atoms with Crippen LogP contribution < -0.4 is 11.5 Å². The number of ketones is 2. The molecule has 36 heavy (non-hydrogen) atoms. The maximum absolute atomic E-state index is 13.9. The van der Waals surface area contributed by atoms with Gasteiger partial charge in [-0.3, -0.25) is 9.59 Å². The largest absolute Gasteiger partial charge is 0.384 e. The van der Waals surface area contributed by atoms with Gasteiger partial charge in [-0.25, -0.2) is 8.78 Å². The summed E-state index contributed by atoms with van der Waals surface area (Å²) in [5.41, 5.74) is 13.2. The minimum atomic E-state index is -1.22. The highest BCUT2D eigenvalue weighted by atomic mass is 19.1. The van der Waals surface area contributed by atoms with Crippen LogP contribution in [-0.2, 0) is 22.4 Å². The molecule has 2 aromatic rings. The molecule has 0 aliphatic heterocycles. The summed E-state index contributed by atoms with van der Waals surface area (Å²) in [5.74, 6) is -1.33. The average molecular weight is 501 g/mol. The monoisotopic (exact) mass is 500 g/mol. The second kappa shape index (κ2) is 13.2. The number of halogens is 2. The summed E-state index contributed by atoms with van der Waals surface area (Å²) in [5, 5.41) is 10.5. The van der Waals surface area contributed by atoms with E-state index >= 15 is 0 Å². The summed E-state index contributed by atoms with van der Waals surface area (Å²) in [6.07, 6.45) is 5.24. The Morgan fingerprint density at radius 1 is 0.944 bits per heavy atom. The fourth-order valence-electron chi connectivity index (χ4n) is 5.38. The minimum Gasteiger partial charge on any atom is -0.384 e. The Hall–Kier alpha value is -2.48. The van der Waals surface area contributed by atoms with E-state index < -0.39 is 29.8 Å². The van der Waals surface area contributed by atoms with Crippen LogP contribution in [0.1, 0.15) is 68.9 Å². The first-order chi connectivity index (χ1) is 17.2. The third-order valence-electron chi connectivity index (χ3n) is 7.53. The van der Waals surface area contributed by atoms with Gasteiger partial charge in [-0.05, 0) is 73.3 Å².